The van der Waals surface area contributed by atoms with Gasteiger partial charge in [-0.1, -0.05) is 23.7 Å². The van der Waals surface area contributed by atoms with Crippen molar-refractivity contribution in [3.63, 3.8) is 0 Å². The molecule has 1 amide bonds. The third-order valence-electron chi connectivity index (χ3n) is 2.52. The Balaban J connectivity index is 2.48. The van der Waals surface area contributed by atoms with Crippen LogP contribution in [0.1, 0.15) is 38.3 Å². The van der Waals surface area contributed by atoms with Crippen LogP contribution in [0, 0.1) is 0 Å². The van der Waals surface area contributed by atoms with Crippen LogP contribution < -0.4 is 5.32 Å². The van der Waals surface area contributed by atoms with Gasteiger partial charge in [-0.2, -0.15) is 0 Å². The molecule has 0 bridgehead atoms. The molecule has 0 aliphatic heterocycles. The Bertz CT molecular complexity index is 379. The van der Waals surface area contributed by atoms with Gasteiger partial charge in [0.2, 0.25) is 5.91 Å². The van der Waals surface area contributed by atoms with Gasteiger partial charge in [0.1, 0.15) is 0 Å². The highest BCUT2D eigenvalue weighted by Crippen LogP contribution is 2.17. The molecular formula is C13H18ClNO2. The lowest BCUT2D eigenvalue weighted by Gasteiger charge is -2.15. The highest BCUT2D eigenvalue weighted by molar-refractivity contribution is 6.30. The van der Waals surface area contributed by atoms with Crippen molar-refractivity contribution in [2.45, 2.75) is 38.8 Å². The molecule has 17 heavy (non-hydrogen) atoms. The molecule has 4 heteroatoms. The summed E-state index contributed by atoms with van der Waals surface area (Å²) in [6.07, 6.45) is 0.374. The first kappa shape index (κ1) is 14.0. The second-order valence-electron chi connectivity index (χ2n) is 4.23. The number of carbonyl (C=O) groups is 1. The van der Waals surface area contributed by atoms with E-state index in [1.165, 1.54) is 0 Å². The van der Waals surface area contributed by atoms with Gasteiger partial charge in [-0.15, -0.1) is 0 Å². The Morgan fingerprint density at radius 2 is 2.18 bits per heavy atom. The molecule has 0 radical (unpaired) electrons. The fourth-order valence-electron chi connectivity index (χ4n) is 1.51. The zero-order chi connectivity index (χ0) is 12.8. The summed E-state index contributed by atoms with van der Waals surface area (Å²) < 4.78 is 0. The van der Waals surface area contributed by atoms with Crippen molar-refractivity contribution < 1.29 is 9.90 Å². The fourth-order valence-corrected chi connectivity index (χ4v) is 1.71. The van der Waals surface area contributed by atoms with Crippen LogP contribution >= 0.6 is 11.6 Å². The molecule has 2 N–H and O–H groups in total. The van der Waals surface area contributed by atoms with Crippen LogP contribution in [0.5, 0.6) is 0 Å². The maximum atomic E-state index is 11.6. The van der Waals surface area contributed by atoms with E-state index >= 15 is 0 Å². The minimum atomic E-state index is -0.442. The number of amides is 1. The van der Waals surface area contributed by atoms with Crippen molar-refractivity contribution >= 4 is 17.5 Å². The molecule has 0 aromatic heterocycles. The molecule has 94 valence electrons. The number of halogens is 1. The summed E-state index contributed by atoms with van der Waals surface area (Å²) in [5.41, 5.74) is 0.975. The van der Waals surface area contributed by atoms with Crippen molar-refractivity contribution in [2.24, 2.45) is 0 Å². The van der Waals surface area contributed by atoms with Crippen molar-refractivity contribution in [3.05, 3.63) is 34.9 Å². The predicted octanol–water partition coefficient (Wildman–Crippen LogP) is 2.68. The Kier molecular flexibility index (Phi) is 5.45. The fraction of sp³-hybridized carbons (Fsp3) is 0.462. The van der Waals surface area contributed by atoms with Crippen LogP contribution in [0.25, 0.3) is 0 Å². The first-order valence-electron chi connectivity index (χ1n) is 5.72. The number of aliphatic hydroxyl groups is 1. The van der Waals surface area contributed by atoms with Gasteiger partial charge in [0.25, 0.3) is 0 Å². The summed E-state index contributed by atoms with van der Waals surface area (Å²) in [6, 6.07) is 7.34. The minimum Gasteiger partial charge on any atom is -0.393 e. The molecule has 1 rings (SSSR count). The molecule has 3 nitrogen and oxygen atoms in total. The Labute approximate surface area is 107 Å². The second-order valence-corrected chi connectivity index (χ2v) is 4.67. The number of carbonyl (C=O) groups excluding carboxylic acids is 1. The summed E-state index contributed by atoms with van der Waals surface area (Å²) in [6.45, 7) is 3.58. The molecule has 1 aromatic rings. The number of rotatable bonds is 5. The first-order valence-corrected chi connectivity index (χ1v) is 6.09. The van der Waals surface area contributed by atoms with Gasteiger partial charge in [-0.05, 0) is 38.0 Å². The van der Waals surface area contributed by atoms with Gasteiger partial charge >= 0.3 is 0 Å². The van der Waals surface area contributed by atoms with Crippen molar-refractivity contribution in [1.82, 2.24) is 5.32 Å². The van der Waals surface area contributed by atoms with E-state index in [4.69, 9.17) is 16.7 Å². The summed E-state index contributed by atoms with van der Waals surface area (Å²) in [7, 11) is 0. The molecule has 0 aliphatic carbocycles. The second kappa shape index (κ2) is 6.62. The van der Waals surface area contributed by atoms with E-state index in [1.807, 2.05) is 25.1 Å². The summed E-state index contributed by atoms with van der Waals surface area (Å²) in [4.78, 5) is 11.6. The van der Waals surface area contributed by atoms with E-state index < -0.39 is 6.10 Å². The highest BCUT2D eigenvalue weighted by atomic mass is 35.5. The molecule has 2 atom stereocenters. The van der Waals surface area contributed by atoms with Crippen molar-refractivity contribution in [1.29, 1.82) is 0 Å². The number of hydrogen-bond acceptors (Lipinski definition) is 2. The van der Waals surface area contributed by atoms with Crippen LogP contribution in [-0.4, -0.2) is 17.1 Å². The molecule has 0 saturated carbocycles. The van der Waals surface area contributed by atoms with Crippen LogP contribution in [0.15, 0.2) is 24.3 Å². The average molecular weight is 256 g/mol. The molecule has 0 saturated heterocycles. The first-order chi connectivity index (χ1) is 7.99. The van der Waals surface area contributed by atoms with Gasteiger partial charge in [0.05, 0.1) is 12.1 Å². The maximum Gasteiger partial charge on any atom is 0.220 e. The molecular weight excluding hydrogens is 238 g/mol. The lowest BCUT2D eigenvalue weighted by molar-refractivity contribution is -0.122. The van der Waals surface area contributed by atoms with Crippen LogP contribution in [-0.2, 0) is 4.79 Å². The topological polar surface area (TPSA) is 49.3 Å². The van der Waals surface area contributed by atoms with E-state index in [-0.39, 0.29) is 11.9 Å². The van der Waals surface area contributed by atoms with E-state index in [0.717, 1.165) is 5.56 Å². The van der Waals surface area contributed by atoms with E-state index in [1.54, 1.807) is 13.0 Å². The number of aliphatic hydroxyl groups excluding tert-OH is 1. The lowest BCUT2D eigenvalue weighted by atomic mass is 10.1. The van der Waals surface area contributed by atoms with Gasteiger partial charge < -0.3 is 10.4 Å². The minimum absolute atomic E-state index is 0.0571. The molecule has 0 spiro atoms. The number of benzene rings is 1. The summed E-state index contributed by atoms with van der Waals surface area (Å²) >= 11 is 5.88. The average Bonchev–Trinajstić information content (AvgIpc) is 2.26. The van der Waals surface area contributed by atoms with Crippen LogP contribution in [0.3, 0.4) is 0 Å². The van der Waals surface area contributed by atoms with Gasteiger partial charge in [0, 0.05) is 11.4 Å². The third-order valence-corrected chi connectivity index (χ3v) is 2.75. The lowest BCUT2D eigenvalue weighted by Crippen LogP contribution is -2.27. The largest absolute Gasteiger partial charge is 0.393 e. The van der Waals surface area contributed by atoms with Crippen molar-refractivity contribution in [2.75, 3.05) is 0 Å². The zero-order valence-electron chi connectivity index (χ0n) is 10.1. The van der Waals surface area contributed by atoms with E-state index in [9.17, 15) is 4.79 Å². The van der Waals surface area contributed by atoms with Gasteiger partial charge in [0.15, 0.2) is 0 Å². The Morgan fingerprint density at radius 3 is 2.76 bits per heavy atom. The highest BCUT2D eigenvalue weighted by Gasteiger charge is 2.10. The number of hydrogen-bond donors (Lipinski definition) is 2. The molecule has 1 unspecified atom stereocenters. The maximum absolute atomic E-state index is 11.6. The predicted molar refractivity (Wildman–Crippen MR) is 68.9 cm³/mol. The molecule has 0 fully saturated rings. The normalized spacial score (nSPS) is 14.1. The van der Waals surface area contributed by atoms with Crippen LogP contribution in [0.4, 0.5) is 0 Å². The number of nitrogens with one attached hydrogen (secondary N) is 1. The molecule has 0 heterocycles. The van der Waals surface area contributed by atoms with E-state index in [0.29, 0.717) is 17.9 Å². The third kappa shape index (κ3) is 5.20. The van der Waals surface area contributed by atoms with Gasteiger partial charge in [-0.25, -0.2) is 0 Å². The SMILES string of the molecule is CC(O)CCC(=O)N[C@@H](C)c1cccc(Cl)c1. The quantitative estimate of drug-likeness (QED) is 0.850. The molecule has 0 aliphatic rings. The standard InChI is InChI=1S/C13H18ClNO2/c1-9(16)6-7-13(17)15-10(2)11-4-3-5-12(14)8-11/h3-5,8-10,16H,6-7H2,1-2H3,(H,15,17)/t9?,10-/m0/s1. The Morgan fingerprint density at radius 1 is 1.47 bits per heavy atom. The smallest absolute Gasteiger partial charge is 0.220 e. The zero-order valence-corrected chi connectivity index (χ0v) is 10.9. The molecule has 1 aromatic carbocycles. The van der Waals surface area contributed by atoms with Crippen molar-refractivity contribution in [3.8, 4) is 0 Å². The summed E-state index contributed by atoms with van der Waals surface area (Å²) in [5, 5.41) is 12.6. The monoisotopic (exact) mass is 255 g/mol. The van der Waals surface area contributed by atoms with E-state index in [2.05, 4.69) is 5.32 Å². The van der Waals surface area contributed by atoms with Gasteiger partial charge in [-0.3, -0.25) is 4.79 Å². The van der Waals surface area contributed by atoms with Crippen LogP contribution in [0.2, 0.25) is 5.02 Å². The summed E-state index contributed by atoms with van der Waals surface area (Å²) in [5.74, 6) is -0.0571. The Hall–Kier alpha value is -1.06.